The van der Waals surface area contributed by atoms with Crippen molar-refractivity contribution in [2.75, 3.05) is 32.2 Å². The Kier molecular flexibility index (Phi) is 5.53. The van der Waals surface area contributed by atoms with E-state index in [9.17, 15) is 4.39 Å². The lowest BCUT2D eigenvalue weighted by atomic mass is 10.0. The van der Waals surface area contributed by atoms with Crippen molar-refractivity contribution in [1.29, 1.82) is 0 Å². The molecule has 0 amide bonds. The van der Waals surface area contributed by atoms with E-state index in [0.29, 0.717) is 29.2 Å². The third-order valence-corrected chi connectivity index (χ3v) is 4.85. The fourth-order valence-electron chi connectivity index (χ4n) is 3.21. The van der Waals surface area contributed by atoms with Crippen molar-refractivity contribution in [3.8, 4) is 11.5 Å². The number of anilines is 2. The Morgan fingerprint density at radius 1 is 1.14 bits per heavy atom. The molecule has 0 atom stereocenters. The molecule has 1 N–H and O–H groups in total. The van der Waals surface area contributed by atoms with Gasteiger partial charge in [0.15, 0.2) is 11.6 Å². The zero-order chi connectivity index (χ0) is 19.3. The summed E-state index contributed by atoms with van der Waals surface area (Å²) < 4.78 is 30.2. The van der Waals surface area contributed by atoms with Gasteiger partial charge in [-0.2, -0.15) is 0 Å². The first-order valence-corrected chi connectivity index (χ1v) is 9.29. The smallest absolute Gasteiger partial charge is 0.167 e. The predicted molar refractivity (Wildman–Crippen MR) is 105 cm³/mol. The van der Waals surface area contributed by atoms with Crippen molar-refractivity contribution in [2.45, 2.75) is 12.8 Å². The Morgan fingerprint density at radius 3 is 2.68 bits per heavy atom. The fourth-order valence-corrected chi connectivity index (χ4v) is 3.21. The minimum Gasteiger partial charge on any atom is -0.494 e. The summed E-state index contributed by atoms with van der Waals surface area (Å²) in [6, 6.07) is 10.6. The quantitative estimate of drug-likeness (QED) is 0.684. The third kappa shape index (κ3) is 4.14. The summed E-state index contributed by atoms with van der Waals surface area (Å²) in [6.07, 6.45) is 3.50. The van der Waals surface area contributed by atoms with Crippen LogP contribution in [0.4, 0.5) is 15.9 Å². The van der Waals surface area contributed by atoms with Gasteiger partial charge in [0, 0.05) is 30.4 Å². The van der Waals surface area contributed by atoms with Gasteiger partial charge in [0.1, 0.15) is 17.9 Å². The molecule has 1 saturated heterocycles. The molecular formula is C21H22FN3O3. The number of rotatable bonds is 6. The van der Waals surface area contributed by atoms with Crippen LogP contribution in [0.5, 0.6) is 11.5 Å². The van der Waals surface area contributed by atoms with E-state index < -0.39 is 5.82 Å². The summed E-state index contributed by atoms with van der Waals surface area (Å²) in [4.78, 5) is 8.41. The Balaban J connectivity index is 1.46. The molecule has 0 aliphatic carbocycles. The zero-order valence-electron chi connectivity index (χ0n) is 15.7. The zero-order valence-corrected chi connectivity index (χ0v) is 15.7. The van der Waals surface area contributed by atoms with Crippen molar-refractivity contribution in [3.63, 3.8) is 0 Å². The van der Waals surface area contributed by atoms with Gasteiger partial charge in [-0.05, 0) is 49.1 Å². The average Bonchev–Trinajstić information content (AvgIpc) is 2.74. The van der Waals surface area contributed by atoms with Gasteiger partial charge >= 0.3 is 0 Å². The van der Waals surface area contributed by atoms with Crippen molar-refractivity contribution >= 4 is 22.4 Å². The molecule has 3 aromatic rings. The van der Waals surface area contributed by atoms with Crippen molar-refractivity contribution in [3.05, 3.63) is 48.5 Å². The van der Waals surface area contributed by atoms with E-state index in [1.807, 2.05) is 24.3 Å². The summed E-state index contributed by atoms with van der Waals surface area (Å²) in [5.41, 5.74) is 1.36. The molecule has 1 aliphatic heterocycles. The highest BCUT2D eigenvalue weighted by Gasteiger charge is 2.14. The van der Waals surface area contributed by atoms with Crippen LogP contribution in [0.15, 0.2) is 42.7 Å². The van der Waals surface area contributed by atoms with Crippen LogP contribution in [0.1, 0.15) is 12.8 Å². The van der Waals surface area contributed by atoms with Crippen LogP contribution in [0.25, 0.3) is 10.9 Å². The molecule has 2 aromatic carbocycles. The average molecular weight is 383 g/mol. The maximum atomic E-state index is 13.9. The molecule has 0 bridgehead atoms. The summed E-state index contributed by atoms with van der Waals surface area (Å²) in [6.45, 7) is 2.34. The largest absolute Gasteiger partial charge is 0.494 e. The predicted octanol–water partition coefficient (Wildman–Crippen LogP) is 4.33. The number of halogens is 1. The van der Waals surface area contributed by atoms with Crippen molar-refractivity contribution in [1.82, 2.24) is 9.97 Å². The number of aromatic nitrogens is 2. The van der Waals surface area contributed by atoms with Crippen LogP contribution in [0.3, 0.4) is 0 Å². The number of hydrogen-bond donors (Lipinski definition) is 1. The third-order valence-electron chi connectivity index (χ3n) is 4.85. The van der Waals surface area contributed by atoms with Gasteiger partial charge in [0.25, 0.3) is 0 Å². The number of methoxy groups -OCH3 is 1. The molecule has 0 saturated carbocycles. The molecule has 6 nitrogen and oxygen atoms in total. The van der Waals surface area contributed by atoms with E-state index in [4.69, 9.17) is 14.2 Å². The molecule has 0 spiro atoms. The lowest BCUT2D eigenvalue weighted by Crippen LogP contribution is -2.21. The molecule has 2 heterocycles. The maximum absolute atomic E-state index is 13.9. The SMILES string of the molecule is COc1cc2c(Nc3ccc(OCC4CCOCC4)cc3)ncnc2cc1F. The van der Waals surface area contributed by atoms with Gasteiger partial charge < -0.3 is 19.5 Å². The second kappa shape index (κ2) is 8.39. The van der Waals surface area contributed by atoms with E-state index in [1.165, 1.54) is 19.5 Å². The molecule has 7 heteroatoms. The number of ether oxygens (including phenoxy) is 3. The van der Waals surface area contributed by atoms with Crippen molar-refractivity contribution in [2.24, 2.45) is 5.92 Å². The van der Waals surface area contributed by atoms with E-state index in [-0.39, 0.29) is 5.75 Å². The maximum Gasteiger partial charge on any atom is 0.167 e. The van der Waals surface area contributed by atoms with Gasteiger partial charge in [-0.3, -0.25) is 0 Å². The number of nitrogens with one attached hydrogen (secondary N) is 1. The highest BCUT2D eigenvalue weighted by molar-refractivity contribution is 5.91. The standard InChI is InChI=1S/C21H22FN3O3/c1-26-20-10-17-19(11-18(20)22)23-13-24-21(17)25-15-2-4-16(5-3-15)28-12-14-6-8-27-9-7-14/h2-5,10-11,13-14H,6-9,12H2,1H3,(H,23,24,25). The van der Waals surface area contributed by atoms with Gasteiger partial charge in [-0.15, -0.1) is 0 Å². The summed E-state index contributed by atoms with van der Waals surface area (Å²) in [7, 11) is 1.43. The summed E-state index contributed by atoms with van der Waals surface area (Å²) in [5, 5.41) is 3.93. The van der Waals surface area contributed by atoms with Crippen LogP contribution in [0, 0.1) is 11.7 Å². The summed E-state index contributed by atoms with van der Waals surface area (Å²) >= 11 is 0. The van der Waals surface area contributed by atoms with E-state index in [2.05, 4.69) is 15.3 Å². The molecule has 1 aliphatic rings. The first-order chi connectivity index (χ1) is 13.7. The Labute approximate surface area is 162 Å². The normalized spacial score (nSPS) is 14.8. The van der Waals surface area contributed by atoms with Crippen LogP contribution in [0.2, 0.25) is 0 Å². The lowest BCUT2D eigenvalue weighted by molar-refractivity contribution is 0.0497. The monoisotopic (exact) mass is 383 g/mol. The second-order valence-electron chi connectivity index (χ2n) is 6.74. The second-order valence-corrected chi connectivity index (χ2v) is 6.74. The van der Waals surface area contributed by atoms with Crippen LogP contribution in [-0.2, 0) is 4.74 Å². The number of hydrogen-bond acceptors (Lipinski definition) is 6. The molecule has 146 valence electrons. The van der Waals surface area contributed by atoms with Crippen molar-refractivity contribution < 1.29 is 18.6 Å². The van der Waals surface area contributed by atoms with Crippen LogP contribution < -0.4 is 14.8 Å². The van der Waals surface area contributed by atoms with E-state index in [0.717, 1.165) is 37.5 Å². The molecule has 4 rings (SSSR count). The first-order valence-electron chi connectivity index (χ1n) is 9.29. The lowest BCUT2D eigenvalue weighted by Gasteiger charge is -2.22. The van der Waals surface area contributed by atoms with Gasteiger partial charge in [-0.25, -0.2) is 14.4 Å². The van der Waals surface area contributed by atoms with E-state index in [1.54, 1.807) is 6.07 Å². The molecule has 1 fully saturated rings. The first kappa shape index (κ1) is 18.4. The Bertz CT molecular complexity index is 944. The number of nitrogens with zero attached hydrogens (tertiary/aromatic N) is 2. The highest BCUT2D eigenvalue weighted by atomic mass is 19.1. The molecule has 0 radical (unpaired) electrons. The highest BCUT2D eigenvalue weighted by Crippen LogP contribution is 2.29. The molecule has 28 heavy (non-hydrogen) atoms. The Hall–Kier alpha value is -2.93. The Morgan fingerprint density at radius 2 is 1.93 bits per heavy atom. The number of benzene rings is 2. The minimum absolute atomic E-state index is 0.155. The topological polar surface area (TPSA) is 65.5 Å². The van der Waals surface area contributed by atoms with Gasteiger partial charge in [0.2, 0.25) is 0 Å². The van der Waals surface area contributed by atoms with Gasteiger partial charge in [-0.1, -0.05) is 0 Å². The van der Waals surface area contributed by atoms with Gasteiger partial charge in [0.05, 0.1) is 19.2 Å². The molecular weight excluding hydrogens is 361 g/mol. The van der Waals surface area contributed by atoms with E-state index >= 15 is 0 Å². The van der Waals surface area contributed by atoms with Crippen LogP contribution in [-0.4, -0.2) is 36.9 Å². The molecule has 1 aromatic heterocycles. The van der Waals surface area contributed by atoms with Crippen LogP contribution >= 0.6 is 0 Å². The fraction of sp³-hybridized carbons (Fsp3) is 0.333. The minimum atomic E-state index is -0.453. The molecule has 0 unspecified atom stereocenters. The number of fused-ring (bicyclic) bond motifs is 1. The summed E-state index contributed by atoms with van der Waals surface area (Å²) in [5.74, 6) is 1.66.